The topological polar surface area (TPSA) is 68.1 Å². The second kappa shape index (κ2) is 7.01. The third-order valence-electron chi connectivity index (χ3n) is 4.61. The van der Waals surface area contributed by atoms with Crippen molar-refractivity contribution < 1.29 is 8.42 Å². The summed E-state index contributed by atoms with van der Waals surface area (Å²) in [7, 11) is -0.414. The lowest BCUT2D eigenvalue weighted by atomic mass is 10.0. The monoisotopic (exact) mass is 370 g/mol. The number of hydrogen-bond donors (Lipinski definition) is 0. The van der Waals surface area contributed by atoms with E-state index in [0.29, 0.717) is 5.56 Å². The second-order valence-corrected chi connectivity index (χ2v) is 8.23. The Morgan fingerprint density at radius 2 is 1.81 bits per heavy atom. The summed E-state index contributed by atoms with van der Waals surface area (Å²) in [6, 6.07) is 11.4. The molecule has 0 aliphatic heterocycles. The molecule has 3 rings (SSSR count). The smallest absolute Gasteiger partial charge is 0.260 e. The first-order chi connectivity index (χ1) is 12.3. The predicted molar refractivity (Wildman–Crippen MR) is 101 cm³/mol. The number of hydrogen-bond acceptors (Lipinski definition) is 4. The van der Waals surface area contributed by atoms with Crippen molar-refractivity contribution in [1.82, 2.24) is 19.1 Å². The molecule has 6 nitrogen and oxygen atoms in total. The van der Waals surface area contributed by atoms with Crippen LogP contribution in [0.15, 0.2) is 60.0 Å². The van der Waals surface area contributed by atoms with Gasteiger partial charge >= 0.3 is 0 Å². The Labute approximate surface area is 154 Å². The molecule has 0 aliphatic carbocycles. The number of rotatable bonds is 5. The van der Waals surface area contributed by atoms with Crippen molar-refractivity contribution >= 4 is 10.0 Å². The molecule has 26 heavy (non-hydrogen) atoms. The van der Waals surface area contributed by atoms with Crippen molar-refractivity contribution in [1.29, 1.82) is 0 Å². The van der Waals surface area contributed by atoms with Crippen LogP contribution in [0.4, 0.5) is 0 Å². The molecule has 0 saturated heterocycles. The van der Waals surface area contributed by atoms with Crippen LogP contribution in [0, 0.1) is 6.92 Å². The van der Waals surface area contributed by atoms with E-state index in [0.717, 1.165) is 16.7 Å². The molecule has 0 radical (unpaired) electrons. The van der Waals surface area contributed by atoms with Gasteiger partial charge < -0.3 is 0 Å². The van der Waals surface area contributed by atoms with Gasteiger partial charge in [0.05, 0.1) is 6.20 Å². The van der Waals surface area contributed by atoms with Gasteiger partial charge in [0.2, 0.25) is 0 Å². The molecule has 0 saturated carbocycles. The van der Waals surface area contributed by atoms with E-state index in [1.54, 1.807) is 39.6 Å². The van der Waals surface area contributed by atoms with Crippen LogP contribution in [0.3, 0.4) is 0 Å². The number of aromatic nitrogens is 3. The van der Waals surface area contributed by atoms with Gasteiger partial charge in [0.1, 0.15) is 0 Å². The Hall–Kier alpha value is -2.51. The first-order valence-corrected chi connectivity index (χ1v) is 9.73. The summed E-state index contributed by atoms with van der Waals surface area (Å²) in [5, 5.41) is 4.28. The molecule has 2 aromatic heterocycles. The van der Waals surface area contributed by atoms with Crippen LogP contribution in [0.2, 0.25) is 0 Å². The lowest BCUT2D eigenvalue weighted by Gasteiger charge is -2.25. The van der Waals surface area contributed by atoms with E-state index in [1.807, 2.05) is 43.3 Å². The third kappa shape index (κ3) is 3.27. The number of sulfonamides is 1. The van der Waals surface area contributed by atoms with Gasteiger partial charge in [0, 0.05) is 38.1 Å². The molecule has 1 aromatic carbocycles. The van der Waals surface area contributed by atoms with Crippen LogP contribution < -0.4 is 0 Å². The van der Waals surface area contributed by atoms with Crippen LogP contribution in [0.1, 0.15) is 24.1 Å². The fraction of sp³-hybridized carbons (Fsp3) is 0.263. The number of nitrogens with zero attached hydrogens (tertiary/aromatic N) is 4. The summed E-state index contributed by atoms with van der Waals surface area (Å²) in [6.45, 7) is 3.64. The van der Waals surface area contributed by atoms with Crippen LogP contribution in [-0.4, -0.2) is 34.5 Å². The molecule has 0 bridgehead atoms. The molecule has 3 aromatic rings. The number of benzene rings is 1. The average molecular weight is 370 g/mol. The highest BCUT2D eigenvalue weighted by Gasteiger charge is 2.30. The maximum absolute atomic E-state index is 13.1. The van der Waals surface area contributed by atoms with Crippen LogP contribution in [0.25, 0.3) is 11.1 Å². The van der Waals surface area contributed by atoms with E-state index >= 15 is 0 Å². The molecule has 0 fully saturated rings. The van der Waals surface area contributed by atoms with E-state index in [2.05, 4.69) is 10.1 Å². The highest BCUT2D eigenvalue weighted by molar-refractivity contribution is 7.89. The molecule has 0 spiro atoms. The summed E-state index contributed by atoms with van der Waals surface area (Å²) in [6.07, 6.45) is 5.05. The average Bonchev–Trinajstić information content (AvgIpc) is 3.00. The molecular formula is C19H22N4O2S. The van der Waals surface area contributed by atoms with Crippen LogP contribution in [-0.2, 0) is 17.1 Å². The quantitative estimate of drug-likeness (QED) is 0.692. The maximum Gasteiger partial charge on any atom is 0.260 e. The van der Waals surface area contributed by atoms with E-state index in [4.69, 9.17) is 0 Å². The lowest BCUT2D eigenvalue weighted by molar-refractivity contribution is 0.393. The lowest BCUT2D eigenvalue weighted by Crippen LogP contribution is -2.31. The van der Waals surface area contributed by atoms with Gasteiger partial charge in [-0.15, -0.1) is 0 Å². The van der Waals surface area contributed by atoms with E-state index in [1.165, 1.54) is 8.99 Å². The van der Waals surface area contributed by atoms with Crippen molar-refractivity contribution in [3.05, 3.63) is 66.1 Å². The maximum atomic E-state index is 13.1. The van der Waals surface area contributed by atoms with Crippen molar-refractivity contribution in [2.45, 2.75) is 24.9 Å². The molecule has 2 heterocycles. The van der Waals surface area contributed by atoms with Crippen LogP contribution >= 0.6 is 0 Å². The van der Waals surface area contributed by atoms with Gasteiger partial charge in [0.25, 0.3) is 10.0 Å². The largest absolute Gasteiger partial charge is 0.265 e. The van der Waals surface area contributed by atoms with Gasteiger partial charge in [0.15, 0.2) is 5.03 Å². The Bertz CT molecular complexity index is 994. The summed E-state index contributed by atoms with van der Waals surface area (Å²) < 4.78 is 28.9. The zero-order valence-corrected chi connectivity index (χ0v) is 16.1. The molecule has 1 atom stereocenters. The second-order valence-electron chi connectivity index (χ2n) is 6.31. The molecule has 0 N–H and O–H groups in total. The van der Waals surface area contributed by atoms with E-state index in [-0.39, 0.29) is 11.1 Å². The zero-order chi connectivity index (χ0) is 18.9. The first kappa shape index (κ1) is 18.3. The Morgan fingerprint density at radius 1 is 1.12 bits per heavy atom. The van der Waals surface area contributed by atoms with Crippen molar-refractivity contribution in [2.24, 2.45) is 7.05 Å². The Kier molecular flexibility index (Phi) is 4.93. The van der Waals surface area contributed by atoms with Crippen LogP contribution in [0.5, 0.6) is 0 Å². The molecule has 136 valence electrons. The van der Waals surface area contributed by atoms with Crippen molar-refractivity contribution in [3.8, 4) is 11.1 Å². The molecule has 0 amide bonds. The van der Waals surface area contributed by atoms with Crippen molar-refractivity contribution in [3.63, 3.8) is 0 Å². The molecule has 7 heteroatoms. The Morgan fingerprint density at radius 3 is 2.42 bits per heavy atom. The fourth-order valence-electron chi connectivity index (χ4n) is 2.98. The minimum atomic E-state index is -3.66. The summed E-state index contributed by atoms with van der Waals surface area (Å²) in [5.74, 6) is 0. The van der Waals surface area contributed by atoms with Crippen molar-refractivity contribution in [2.75, 3.05) is 7.05 Å². The summed E-state index contributed by atoms with van der Waals surface area (Å²) >= 11 is 0. The Balaban J connectivity index is 1.96. The molecule has 0 aliphatic rings. The highest BCUT2D eigenvalue weighted by Crippen LogP contribution is 2.29. The minimum absolute atomic E-state index is 0.220. The van der Waals surface area contributed by atoms with Gasteiger partial charge in [-0.25, -0.2) is 8.42 Å². The number of aryl methyl sites for hydroxylation is 2. The molecule has 1 unspecified atom stereocenters. The van der Waals surface area contributed by atoms with Gasteiger partial charge in [-0.3, -0.25) is 9.67 Å². The van der Waals surface area contributed by atoms with E-state index < -0.39 is 10.0 Å². The first-order valence-electron chi connectivity index (χ1n) is 8.29. The van der Waals surface area contributed by atoms with Gasteiger partial charge in [-0.1, -0.05) is 18.2 Å². The zero-order valence-electron chi connectivity index (χ0n) is 15.3. The third-order valence-corrected chi connectivity index (χ3v) is 6.76. The fourth-order valence-corrected chi connectivity index (χ4v) is 4.63. The number of pyridine rings is 1. The van der Waals surface area contributed by atoms with Gasteiger partial charge in [-0.05, 0) is 48.7 Å². The standard InChI is InChI=1S/C19H22N4O2S/c1-14-13-21-22(3)19(14)26(24,25)23(4)15(2)17-6-5-7-18(12-17)16-8-10-20-11-9-16/h5-13,15H,1-4H3. The minimum Gasteiger partial charge on any atom is -0.265 e. The molecular weight excluding hydrogens is 348 g/mol. The SMILES string of the molecule is Cc1cnn(C)c1S(=O)(=O)N(C)C(C)c1cccc(-c2ccncc2)c1. The summed E-state index contributed by atoms with van der Waals surface area (Å²) in [4.78, 5) is 4.04. The normalized spacial score (nSPS) is 13.1. The van der Waals surface area contributed by atoms with E-state index in [9.17, 15) is 8.42 Å². The van der Waals surface area contributed by atoms with Gasteiger partial charge in [-0.2, -0.15) is 9.40 Å². The predicted octanol–water partition coefficient (Wildman–Crippen LogP) is 3.17. The highest BCUT2D eigenvalue weighted by atomic mass is 32.2. The summed E-state index contributed by atoms with van der Waals surface area (Å²) in [5.41, 5.74) is 3.63.